The summed E-state index contributed by atoms with van der Waals surface area (Å²) in [5, 5.41) is 0. The summed E-state index contributed by atoms with van der Waals surface area (Å²) in [7, 11) is 2.08. The highest BCUT2D eigenvalue weighted by Crippen LogP contribution is 2.14. The topological polar surface area (TPSA) is 41.9 Å². The van der Waals surface area contributed by atoms with E-state index in [1.54, 1.807) is 6.20 Å². The SMILES string of the molecule is CN(Cc1ccc(-c2ccccn2)nc1)Cc1ccccn1. The molecule has 0 aliphatic heterocycles. The molecule has 3 aromatic heterocycles. The first-order chi connectivity index (χ1) is 10.8. The van der Waals surface area contributed by atoms with Crippen molar-refractivity contribution in [2.75, 3.05) is 7.05 Å². The fourth-order valence-corrected chi connectivity index (χ4v) is 2.32. The Morgan fingerprint density at radius 1 is 0.773 bits per heavy atom. The van der Waals surface area contributed by atoms with Crippen LogP contribution in [0.5, 0.6) is 0 Å². The van der Waals surface area contributed by atoms with E-state index in [0.717, 1.165) is 30.2 Å². The molecular formula is C18H18N4. The molecule has 0 amide bonds. The van der Waals surface area contributed by atoms with E-state index < -0.39 is 0 Å². The first kappa shape index (κ1) is 14.4. The summed E-state index contributed by atoms with van der Waals surface area (Å²) in [6.45, 7) is 1.66. The fourth-order valence-electron chi connectivity index (χ4n) is 2.32. The van der Waals surface area contributed by atoms with Crippen LogP contribution in [0.1, 0.15) is 11.3 Å². The van der Waals surface area contributed by atoms with Crippen LogP contribution in [0.25, 0.3) is 11.4 Å². The van der Waals surface area contributed by atoms with Gasteiger partial charge in [0.05, 0.1) is 17.1 Å². The lowest BCUT2D eigenvalue weighted by Crippen LogP contribution is -2.18. The monoisotopic (exact) mass is 290 g/mol. The average molecular weight is 290 g/mol. The third-order valence-electron chi connectivity index (χ3n) is 3.36. The highest BCUT2D eigenvalue weighted by Gasteiger charge is 2.04. The molecular weight excluding hydrogens is 272 g/mol. The van der Waals surface area contributed by atoms with Crippen LogP contribution in [0.3, 0.4) is 0 Å². The van der Waals surface area contributed by atoms with E-state index in [-0.39, 0.29) is 0 Å². The van der Waals surface area contributed by atoms with E-state index in [0.29, 0.717) is 0 Å². The van der Waals surface area contributed by atoms with Crippen LogP contribution in [0.4, 0.5) is 0 Å². The predicted molar refractivity (Wildman–Crippen MR) is 86.9 cm³/mol. The van der Waals surface area contributed by atoms with Crippen molar-refractivity contribution in [3.05, 3.63) is 78.4 Å². The Labute approximate surface area is 130 Å². The van der Waals surface area contributed by atoms with Gasteiger partial charge in [0.2, 0.25) is 0 Å². The molecule has 0 saturated heterocycles. The van der Waals surface area contributed by atoms with E-state index in [2.05, 4.69) is 33.0 Å². The molecule has 0 bridgehead atoms. The standard InChI is InChI=1S/C18H18N4/c1-22(14-16-6-2-4-10-19-16)13-15-8-9-18(21-12-15)17-7-3-5-11-20-17/h2-12H,13-14H2,1H3. The van der Waals surface area contributed by atoms with Crippen LogP contribution >= 0.6 is 0 Å². The molecule has 0 aromatic carbocycles. The van der Waals surface area contributed by atoms with Crippen molar-refractivity contribution >= 4 is 0 Å². The van der Waals surface area contributed by atoms with Crippen molar-refractivity contribution in [1.29, 1.82) is 0 Å². The minimum atomic E-state index is 0.822. The zero-order valence-corrected chi connectivity index (χ0v) is 12.6. The molecule has 3 rings (SSSR count). The van der Waals surface area contributed by atoms with Gasteiger partial charge in [0.1, 0.15) is 0 Å². The van der Waals surface area contributed by atoms with E-state index in [9.17, 15) is 0 Å². The second-order valence-electron chi connectivity index (χ2n) is 5.26. The molecule has 3 heterocycles. The van der Waals surface area contributed by atoms with Crippen LogP contribution in [0.2, 0.25) is 0 Å². The molecule has 0 fully saturated rings. The first-order valence-corrected chi connectivity index (χ1v) is 7.26. The van der Waals surface area contributed by atoms with Gasteiger partial charge >= 0.3 is 0 Å². The summed E-state index contributed by atoms with van der Waals surface area (Å²) < 4.78 is 0. The Morgan fingerprint density at radius 2 is 1.55 bits per heavy atom. The number of pyridine rings is 3. The molecule has 0 aliphatic carbocycles. The van der Waals surface area contributed by atoms with E-state index in [1.807, 2.05) is 54.9 Å². The van der Waals surface area contributed by atoms with Gasteiger partial charge in [-0.3, -0.25) is 19.9 Å². The van der Waals surface area contributed by atoms with Gasteiger partial charge in [-0.1, -0.05) is 18.2 Å². The quantitative estimate of drug-likeness (QED) is 0.724. The normalized spacial score (nSPS) is 10.8. The molecule has 0 saturated carbocycles. The molecule has 0 N–H and O–H groups in total. The summed E-state index contributed by atoms with van der Waals surface area (Å²) in [6, 6.07) is 16.0. The number of rotatable bonds is 5. The first-order valence-electron chi connectivity index (χ1n) is 7.26. The van der Waals surface area contributed by atoms with E-state index >= 15 is 0 Å². The molecule has 110 valence electrons. The maximum Gasteiger partial charge on any atom is 0.0886 e. The number of nitrogens with zero attached hydrogens (tertiary/aromatic N) is 4. The number of aromatic nitrogens is 3. The maximum absolute atomic E-state index is 4.50. The van der Waals surface area contributed by atoms with Crippen molar-refractivity contribution in [2.24, 2.45) is 0 Å². The summed E-state index contributed by atoms with van der Waals surface area (Å²) in [6.07, 6.45) is 5.52. The molecule has 4 heteroatoms. The molecule has 0 unspecified atom stereocenters. The number of hydrogen-bond donors (Lipinski definition) is 0. The highest BCUT2D eigenvalue weighted by atomic mass is 15.1. The Bertz CT molecular complexity index is 696. The predicted octanol–water partition coefficient (Wildman–Crippen LogP) is 3.17. The smallest absolute Gasteiger partial charge is 0.0886 e. The van der Waals surface area contributed by atoms with Crippen molar-refractivity contribution in [3.8, 4) is 11.4 Å². The second kappa shape index (κ2) is 6.91. The minimum absolute atomic E-state index is 0.822. The lowest BCUT2D eigenvalue weighted by molar-refractivity contribution is 0.315. The van der Waals surface area contributed by atoms with Crippen LogP contribution < -0.4 is 0 Å². The summed E-state index contributed by atoms with van der Waals surface area (Å²) in [4.78, 5) is 15.4. The van der Waals surface area contributed by atoms with Crippen molar-refractivity contribution in [1.82, 2.24) is 19.9 Å². The van der Waals surface area contributed by atoms with Gasteiger partial charge in [0.25, 0.3) is 0 Å². The molecule has 3 aromatic rings. The Morgan fingerprint density at radius 3 is 2.18 bits per heavy atom. The summed E-state index contributed by atoms with van der Waals surface area (Å²) in [5.41, 5.74) is 4.05. The second-order valence-corrected chi connectivity index (χ2v) is 5.26. The van der Waals surface area contributed by atoms with Gasteiger partial charge in [-0.15, -0.1) is 0 Å². The lowest BCUT2D eigenvalue weighted by atomic mass is 10.2. The van der Waals surface area contributed by atoms with Gasteiger partial charge in [-0.25, -0.2) is 0 Å². The largest absolute Gasteiger partial charge is 0.296 e. The Kier molecular flexibility index (Phi) is 4.51. The van der Waals surface area contributed by atoms with E-state index in [1.165, 1.54) is 5.56 Å². The zero-order valence-electron chi connectivity index (χ0n) is 12.6. The molecule has 4 nitrogen and oxygen atoms in total. The van der Waals surface area contributed by atoms with Crippen LogP contribution in [-0.4, -0.2) is 26.9 Å². The van der Waals surface area contributed by atoms with Gasteiger partial charge in [-0.2, -0.15) is 0 Å². The van der Waals surface area contributed by atoms with E-state index in [4.69, 9.17) is 0 Å². The fraction of sp³-hybridized carbons (Fsp3) is 0.167. The van der Waals surface area contributed by atoms with Gasteiger partial charge in [-0.05, 0) is 42.9 Å². The maximum atomic E-state index is 4.50. The molecule has 0 atom stereocenters. The minimum Gasteiger partial charge on any atom is -0.296 e. The Balaban J connectivity index is 1.64. The van der Waals surface area contributed by atoms with Gasteiger partial charge < -0.3 is 0 Å². The molecule has 0 aliphatic rings. The molecule has 0 radical (unpaired) electrons. The third-order valence-corrected chi connectivity index (χ3v) is 3.36. The third kappa shape index (κ3) is 3.74. The highest BCUT2D eigenvalue weighted by molar-refractivity contribution is 5.53. The zero-order chi connectivity index (χ0) is 15.2. The molecule has 0 spiro atoms. The number of hydrogen-bond acceptors (Lipinski definition) is 4. The van der Waals surface area contributed by atoms with Crippen LogP contribution in [0, 0.1) is 0 Å². The van der Waals surface area contributed by atoms with Crippen LogP contribution in [-0.2, 0) is 13.1 Å². The van der Waals surface area contributed by atoms with Gasteiger partial charge in [0.15, 0.2) is 0 Å². The lowest BCUT2D eigenvalue weighted by Gasteiger charge is -2.16. The van der Waals surface area contributed by atoms with Crippen LogP contribution in [0.15, 0.2) is 67.1 Å². The van der Waals surface area contributed by atoms with Gasteiger partial charge in [0, 0.05) is 31.7 Å². The van der Waals surface area contributed by atoms with Crippen molar-refractivity contribution in [3.63, 3.8) is 0 Å². The van der Waals surface area contributed by atoms with Crippen molar-refractivity contribution in [2.45, 2.75) is 13.1 Å². The molecule has 22 heavy (non-hydrogen) atoms. The summed E-state index contributed by atoms with van der Waals surface area (Å²) >= 11 is 0. The average Bonchev–Trinajstić information content (AvgIpc) is 2.57. The van der Waals surface area contributed by atoms with Crippen molar-refractivity contribution < 1.29 is 0 Å². The summed E-state index contributed by atoms with van der Waals surface area (Å²) in [5.74, 6) is 0. The Hall–Kier alpha value is -2.59.